The lowest BCUT2D eigenvalue weighted by atomic mass is 9.85. The van der Waals surface area contributed by atoms with Crippen LogP contribution in [0.5, 0.6) is 0 Å². The molecule has 2 aliphatic heterocycles. The number of nitrogens with one attached hydrogen (secondary N) is 1. The topological polar surface area (TPSA) is 95.1 Å². The number of aromatic nitrogens is 4. The molecule has 1 spiro atoms. The minimum atomic E-state index is -0.747. The maximum Gasteiger partial charge on any atom is 0.254 e. The fourth-order valence-electron chi connectivity index (χ4n) is 4.69. The molecule has 8 heteroatoms. The Hall–Kier alpha value is -3.29. The van der Waals surface area contributed by atoms with E-state index in [-0.39, 0.29) is 11.8 Å². The molecule has 0 saturated carbocycles. The Balaban J connectivity index is 1.43. The molecule has 2 aliphatic rings. The van der Waals surface area contributed by atoms with Gasteiger partial charge < -0.3 is 9.80 Å². The average Bonchev–Trinajstić information content (AvgIpc) is 3.39. The first-order valence-corrected chi connectivity index (χ1v) is 9.99. The number of hydrogen-bond acceptors (Lipinski definition) is 5. The van der Waals surface area contributed by atoms with Crippen molar-refractivity contribution < 1.29 is 9.59 Å². The van der Waals surface area contributed by atoms with Crippen molar-refractivity contribution >= 4 is 22.8 Å². The van der Waals surface area contributed by atoms with Crippen molar-refractivity contribution in [2.24, 2.45) is 0 Å². The van der Waals surface area contributed by atoms with E-state index in [9.17, 15) is 9.59 Å². The lowest BCUT2D eigenvalue weighted by molar-refractivity contribution is -0.146. The zero-order chi connectivity index (χ0) is 19.8. The summed E-state index contributed by atoms with van der Waals surface area (Å²) in [7, 11) is 0. The van der Waals surface area contributed by atoms with Gasteiger partial charge in [-0.1, -0.05) is 6.07 Å². The number of amides is 2. The normalized spacial score (nSPS) is 22.0. The molecule has 2 amide bonds. The summed E-state index contributed by atoms with van der Waals surface area (Å²) in [5, 5.41) is 10.7. The van der Waals surface area contributed by atoms with E-state index >= 15 is 0 Å². The zero-order valence-electron chi connectivity index (χ0n) is 16.0. The quantitative estimate of drug-likeness (QED) is 0.739. The van der Waals surface area contributed by atoms with E-state index in [2.05, 4.69) is 20.4 Å². The second-order valence-electron chi connectivity index (χ2n) is 7.77. The van der Waals surface area contributed by atoms with Crippen LogP contribution in [0, 0.1) is 0 Å². The molecule has 148 valence electrons. The van der Waals surface area contributed by atoms with Crippen LogP contribution < -0.4 is 0 Å². The van der Waals surface area contributed by atoms with E-state index in [1.807, 2.05) is 23.1 Å². The van der Waals surface area contributed by atoms with E-state index in [0.29, 0.717) is 49.1 Å². The van der Waals surface area contributed by atoms with Crippen LogP contribution in [0.15, 0.2) is 42.6 Å². The summed E-state index contributed by atoms with van der Waals surface area (Å²) in [6.45, 7) is 1.78. The predicted molar refractivity (Wildman–Crippen MR) is 106 cm³/mol. The number of pyridine rings is 1. The molecule has 0 radical (unpaired) electrons. The van der Waals surface area contributed by atoms with Gasteiger partial charge in [-0.2, -0.15) is 15.4 Å². The van der Waals surface area contributed by atoms with Crippen LogP contribution in [0.3, 0.4) is 0 Å². The number of fused-ring (bicyclic) bond motifs is 1. The Labute approximate surface area is 167 Å². The number of nitrogens with zero attached hydrogens (tertiary/aromatic N) is 5. The van der Waals surface area contributed by atoms with Crippen LogP contribution in [-0.4, -0.2) is 60.6 Å². The lowest BCUT2D eigenvalue weighted by Crippen LogP contribution is -2.61. The van der Waals surface area contributed by atoms with Crippen molar-refractivity contribution in [1.82, 2.24) is 30.2 Å². The van der Waals surface area contributed by atoms with Gasteiger partial charge in [-0.05, 0) is 56.0 Å². The molecule has 8 nitrogen and oxygen atoms in total. The number of benzene rings is 1. The highest BCUT2D eigenvalue weighted by molar-refractivity contribution is 6.01. The second kappa shape index (κ2) is 6.95. The van der Waals surface area contributed by atoms with Crippen molar-refractivity contribution in [1.29, 1.82) is 0 Å². The number of aromatic amines is 1. The molecule has 4 heterocycles. The highest BCUT2D eigenvalue weighted by atomic mass is 16.2. The van der Waals surface area contributed by atoms with Gasteiger partial charge >= 0.3 is 0 Å². The van der Waals surface area contributed by atoms with Gasteiger partial charge in [0.15, 0.2) is 0 Å². The van der Waals surface area contributed by atoms with Gasteiger partial charge in [0.25, 0.3) is 5.91 Å². The second-order valence-corrected chi connectivity index (χ2v) is 7.77. The third-order valence-corrected chi connectivity index (χ3v) is 6.08. The predicted octanol–water partition coefficient (Wildman–Crippen LogP) is 2.15. The van der Waals surface area contributed by atoms with Gasteiger partial charge in [0, 0.05) is 24.8 Å². The summed E-state index contributed by atoms with van der Waals surface area (Å²) in [4.78, 5) is 34.9. The Morgan fingerprint density at radius 2 is 1.90 bits per heavy atom. The molecule has 0 aliphatic carbocycles. The summed E-state index contributed by atoms with van der Waals surface area (Å²) in [6, 6.07) is 11.0. The molecule has 2 saturated heterocycles. The van der Waals surface area contributed by atoms with Crippen molar-refractivity contribution in [3.63, 3.8) is 0 Å². The van der Waals surface area contributed by atoms with Gasteiger partial charge in [0.1, 0.15) is 16.6 Å². The molecule has 2 aromatic heterocycles. The minimum Gasteiger partial charge on any atom is -0.335 e. The minimum absolute atomic E-state index is 0.0442. The number of hydrogen-bond donors (Lipinski definition) is 1. The summed E-state index contributed by atoms with van der Waals surface area (Å²) < 4.78 is 0. The molecule has 5 rings (SSSR count). The number of likely N-dealkylation sites (tertiary alicyclic amines) is 2. The molecule has 0 bridgehead atoms. The standard InChI is InChI=1S/C21H22N6O2/c28-19(15-6-7-17-18(13-15)24-25-23-17)27-12-4-9-21(27)8-3-11-26(20(21)29)14-16-5-1-2-10-22-16/h1-2,5-7,10,13H,3-4,8-9,11-12,14H2,(H,23,24,25). The van der Waals surface area contributed by atoms with Gasteiger partial charge in [0.2, 0.25) is 5.91 Å². The maximum atomic E-state index is 13.5. The molecule has 1 N–H and O–H groups in total. The van der Waals surface area contributed by atoms with Crippen molar-refractivity contribution in [3.05, 3.63) is 53.9 Å². The van der Waals surface area contributed by atoms with Crippen LogP contribution >= 0.6 is 0 Å². The van der Waals surface area contributed by atoms with Crippen LogP contribution in [0.4, 0.5) is 0 Å². The highest BCUT2D eigenvalue weighted by Crippen LogP contribution is 2.39. The third kappa shape index (κ3) is 2.95. The van der Waals surface area contributed by atoms with E-state index in [0.717, 1.165) is 18.5 Å². The lowest BCUT2D eigenvalue weighted by Gasteiger charge is -2.44. The van der Waals surface area contributed by atoms with Crippen molar-refractivity contribution in [2.75, 3.05) is 13.1 Å². The van der Waals surface area contributed by atoms with E-state index < -0.39 is 5.54 Å². The molecule has 1 aromatic carbocycles. The van der Waals surface area contributed by atoms with Gasteiger partial charge in [-0.15, -0.1) is 0 Å². The Morgan fingerprint density at radius 3 is 2.72 bits per heavy atom. The van der Waals surface area contributed by atoms with Crippen LogP contribution in [0.2, 0.25) is 0 Å². The molecule has 2 fully saturated rings. The number of carbonyl (C=O) groups is 2. The molecule has 29 heavy (non-hydrogen) atoms. The fraction of sp³-hybridized carbons (Fsp3) is 0.381. The molecule has 1 unspecified atom stereocenters. The summed E-state index contributed by atoms with van der Waals surface area (Å²) in [5.41, 5.74) is 2.03. The van der Waals surface area contributed by atoms with E-state index in [1.54, 1.807) is 29.3 Å². The number of carbonyl (C=O) groups excluding carboxylic acids is 2. The largest absolute Gasteiger partial charge is 0.335 e. The van der Waals surface area contributed by atoms with Gasteiger partial charge in [0.05, 0.1) is 12.2 Å². The zero-order valence-corrected chi connectivity index (χ0v) is 16.0. The Bertz CT molecular complexity index is 1070. The smallest absolute Gasteiger partial charge is 0.254 e. The maximum absolute atomic E-state index is 13.5. The molecular weight excluding hydrogens is 368 g/mol. The van der Waals surface area contributed by atoms with Crippen molar-refractivity contribution in [3.8, 4) is 0 Å². The Kier molecular flexibility index (Phi) is 4.26. The fourth-order valence-corrected chi connectivity index (χ4v) is 4.69. The van der Waals surface area contributed by atoms with E-state index in [4.69, 9.17) is 0 Å². The van der Waals surface area contributed by atoms with Crippen LogP contribution in [0.25, 0.3) is 11.0 Å². The number of piperidine rings is 1. The van der Waals surface area contributed by atoms with Gasteiger partial charge in [-0.3, -0.25) is 14.6 Å². The first kappa shape index (κ1) is 17.8. The molecule has 1 atom stereocenters. The van der Waals surface area contributed by atoms with Crippen molar-refractivity contribution in [2.45, 2.75) is 37.8 Å². The average molecular weight is 390 g/mol. The summed E-state index contributed by atoms with van der Waals surface area (Å²) in [6.07, 6.45) is 4.88. The molecular formula is C21H22N6O2. The summed E-state index contributed by atoms with van der Waals surface area (Å²) in [5.74, 6) is -0.0665. The first-order chi connectivity index (χ1) is 14.2. The highest BCUT2D eigenvalue weighted by Gasteiger charge is 2.52. The Morgan fingerprint density at radius 1 is 1.07 bits per heavy atom. The number of rotatable bonds is 3. The molecule has 3 aromatic rings. The van der Waals surface area contributed by atoms with Gasteiger partial charge in [-0.25, -0.2) is 0 Å². The summed E-state index contributed by atoms with van der Waals surface area (Å²) >= 11 is 0. The monoisotopic (exact) mass is 390 g/mol. The SMILES string of the molecule is O=C(c1ccc2n[nH]nc2c1)N1CCCC12CCCN(Cc1ccccn1)C2=O. The number of H-pyrrole nitrogens is 1. The first-order valence-electron chi connectivity index (χ1n) is 9.99. The van der Waals surface area contributed by atoms with E-state index in [1.165, 1.54) is 0 Å². The third-order valence-electron chi connectivity index (χ3n) is 6.08. The van der Waals surface area contributed by atoms with Crippen LogP contribution in [-0.2, 0) is 11.3 Å². The van der Waals surface area contributed by atoms with Crippen LogP contribution in [0.1, 0.15) is 41.7 Å².